The molecule has 1 atom stereocenters. The molecule has 7 rings (SSSR count). The topological polar surface area (TPSA) is 81.7 Å². The molecule has 0 fully saturated rings. The maximum Gasteiger partial charge on any atom is 0.309 e. The van der Waals surface area contributed by atoms with Crippen molar-refractivity contribution in [3.05, 3.63) is 137 Å². The van der Waals surface area contributed by atoms with Crippen LogP contribution >= 0.6 is 11.3 Å². The second-order valence-corrected chi connectivity index (χ2v) is 13.7. The summed E-state index contributed by atoms with van der Waals surface area (Å²) in [5, 5.41) is 24.9. The van der Waals surface area contributed by atoms with Crippen molar-refractivity contribution >= 4 is 66.8 Å². The maximum atomic E-state index is 11.9. The number of hydrogen-bond donors (Lipinski definition) is 2. The van der Waals surface area contributed by atoms with Crippen molar-refractivity contribution in [2.45, 2.75) is 45.1 Å². The molecule has 48 heavy (non-hydrogen) atoms. The Hall–Kier alpha value is -5.27. The fraction of sp³-hybridized carbons (Fsp3) is 0.195. The van der Waals surface area contributed by atoms with Crippen LogP contribution < -0.4 is 9.47 Å². The van der Waals surface area contributed by atoms with Gasteiger partial charge in [0.1, 0.15) is 11.1 Å². The quantitative estimate of drug-likeness (QED) is 0.145. The third-order valence-electron chi connectivity index (χ3n) is 9.62. The lowest BCUT2D eigenvalue weighted by Gasteiger charge is -2.31. The van der Waals surface area contributed by atoms with Crippen LogP contribution in [0.2, 0.25) is 0 Å². The Balaban J connectivity index is 1.40. The third kappa shape index (κ3) is 5.64. The predicted octanol–water partition coefficient (Wildman–Crippen LogP) is 8.67. The smallest absolute Gasteiger partial charge is 0.309 e. The average molecular weight is 654 g/mol. The highest BCUT2D eigenvalue weighted by Gasteiger charge is 2.44. The number of carboxylic acid groups (broad SMARTS) is 2. The first-order chi connectivity index (χ1) is 23.2. The molecule has 2 heterocycles. The van der Waals surface area contributed by atoms with E-state index in [0.717, 1.165) is 49.2 Å². The van der Waals surface area contributed by atoms with Crippen LogP contribution in [0.1, 0.15) is 41.5 Å². The van der Waals surface area contributed by atoms with Crippen molar-refractivity contribution in [3.63, 3.8) is 0 Å². The normalized spacial score (nSPS) is 16.9. The Bertz CT molecular complexity index is 2280. The Morgan fingerprint density at radius 1 is 0.833 bits per heavy atom. The second kappa shape index (κ2) is 12.7. The highest BCUT2D eigenvalue weighted by atomic mass is 32.1. The number of carbonyl (C=O) groups is 2. The van der Waals surface area contributed by atoms with Gasteiger partial charge < -0.3 is 15.1 Å². The number of anilines is 1. The number of rotatable bonds is 10. The molecule has 0 bridgehead atoms. The zero-order valence-corrected chi connectivity index (χ0v) is 27.8. The van der Waals surface area contributed by atoms with Gasteiger partial charge in [-0.25, -0.2) is 0 Å². The molecule has 5 aromatic carbocycles. The lowest BCUT2D eigenvalue weighted by molar-refractivity contribution is -0.667. The highest BCUT2D eigenvalue weighted by Crippen LogP contribution is 2.52. The molecule has 0 radical (unpaired) electrons. The Kier molecular flexibility index (Phi) is 8.31. The minimum absolute atomic E-state index is 0.00629. The van der Waals surface area contributed by atoms with Gasteiger partial charge in [0.05, 0.1) is 6.42 Å². The van der Waals surface area contributed by atoms with E-state index < -0.39 is 17.4 Å². The molecule has 0 amide bonds. The molecule has 1 aliphatic heterocycles. The van der Waals surface area contributed by atoms with Crippen LogP contribution in [0.5, 0.6) is 0 Å². The van der Waals surface area contributed by atoms with Gasteiger partial charge in [0.2, 0.25) is 5.52 Å². The maximum absolute atomic E-state index is 11.9. The number of thiazole rings is 1. The molecule has 1 aromatic heterocycles. The fourth-order valence-electron chi connectivity index (χ4n) is 7.32. The number of aliphatic carboxylic acids is 2. The van der Waals surface area contributed by atoms with Gasteiger partial charge in [0.15, 0.2) is 6.54 Å². The molecule has 6 aromatic rings. The van der Waals surface area contributed by atoms with E-state index in [1.807, 2.05) is 12.1 Å². The Labute approximate surface area is 283 Å². The number of aryl methyl sites for hydroxylation is 2. The first-order valence-electron chi connectivity index (χ1n) is 16.3. The van der Waals surface area contributed by atoms with Crippen molar-refractivity contribution < 1.29 is 24.4 Å². The first kappa shape index (κ1) is 31.3. The van der Waals surface area contributed by atoms with Crippen molar-refractivity contribution in [3.8, 4) is 0 Å². The SMILES string of the molecule is Cc1ccccc1CC1(C)C(=CC=Cc2sc3c4ccccc4ccc3[n+]2CCC(=O)O)N(CCC(=O)O)c2ccc3ccccc3c21. The summed E-state index contributed by atoms with van der Waals surface area (Å²) in [6.45, 7) is 5.13. The monoisotopic (exact) mass is 653 g/mol. The van der Waals surface area contributed by atoms with E-state index in [9.17, 15) is 19.8 Å². The lowest BCUT2D eigenvalue weighted by Crippen LogP contribution is -2.36. The van der Waals surface area contributed by atoms with Crippen molar-refractivity contribution in [1.29, 1.82) is 0 Å². The van der Waals surface area contributed by atoms with Gasteiger partial charge in [-0.2, -0.15) is 4.57 Å². The van der Waals surface area contributed by atoms with Crippen LogP contribution in [0.25, 0.3) is 37.8 Å². The molecule has 0 aliphatic carbocycles. The van der Waals surface area contributed by atoms with E-state index in [4.69, 9.17) is 0 Å². The van der Waals surface area contributed by atoms with Crippen molar-refractivity contribution in [1.82, 2.24) is 0 Å². The zero-order valence-electron chi connectivity index (χ0n) is 27.0. The number of nitrogens with zero attached hydrogens (tertiary/aromatic N) is 2. The van der Waals surface area contributed by atoms with Gasteiger partial charge in [-0.1, -0.05) is 96.3 Å². The van der Waals surface area contributed by atoms with Gasteiger partial charge in [0, 0.05) is 40.9 Å². The van der Waals surface area contributed by atoms with E-state index in [1.54, 1.807) is 11.3 Å². The van der Waals surface area contributed by atoms with Gasteiger partial charge in [-0.3, -0.25) is 9.59 Å². The van der Waals surface area contributed by atoms with E-state index in [-0.39, 0.29) is 12.8 Å². The van der Waals surface area contributed by atoms with E-state index in [1.165, 1.54) is 22.1 Å². The number of aromatic nitrogens is 1. The largest absolute Gasteiger partial charge is 0.481 e. The number of hydrogen-bond acceptors (Lipinski definition) is 4. The van der Waals surface area contributed by atoms with E-state index in [2.05, 4.69) is 126 Å². The fourth-order valence-corrected chi connectivity index (χ4v) is 8.56. The first-order valence-corrected chi connectivity index (χ1v) is 17.1. The molecular weight excluding hydrogens is 617 g/mol. The highest BCUT2D eigenvalue weighted by molar-refractivity contribution is 7.19. The summed E-state index contributed by atoms with van der Waals surface area (Å²) >= 11 is 1.66. The molecule has 0 saturated heterocycles. The van der Waals surface area contributed by atoms with Gasteiger partial charge in [0.25, 0.3) is 5.01 Å². The van der Waals surface area contributed by atoms with Crippen LogP contribution in [0.4, 0.5) is 5.69 Å². The third-order valence-corrected chi connectivity index (χ3v) is 10.8. The number of carboxylic acids is 2. The molecule has 240 valence electrons. The molecular formula is C41H37N2O4S+. The lowest BCUT2D eigenvalue weighted by atomic mass is 9.74. The van der Waals surface area contributed by atoms with Gasteiger partial charge >= 0.3 is 11.9 Å². The summed E-state index contributed by atoms with van der Waals surface area (Å²) < 4.78 is 3.22. The zero-order chi connectivity index (χ0) is 33.4. The van der Waals surface area contributed by atoms with Gasteiger partial charge in [-0.05, 0) is 71.3 Å². The summed E-state index contributed by atoms with van der Waals surface area (Å²) in [4.78, 5) is 25.7. The number of fused-ring (bicyclic) bond motifs is 6. The average Bonchev–Trinajstić information content (AvgIpc) is 3.55. The number of benzene rings is 5. The molecule has 1 unspecified atom stereocenters. The number of allylic oxidation sites excluding steroid dienone is 3. The summed E-state index contributed by atoms with van der Waals surface area (Å²) in [7, 11) is 0. The van der Waals surface area contributed by atoms with Crippen LogP contribution in [0.15, 0.2) is 115 Å². The summed E-state index contributed by atoms with van der Waals surface area (Å²) in [5.74, 6) is -1.67. The molecule has 0 spiro atoms. The Morgan fingerprint density at radius 3 is 2.25 bits per heavy atom. The van der Waals surface area contributed by atoms with Crippen LogP contribution in [-0.4, -0.2) is 28.7 Å². The molecule has 1 aliphatic rings. The van der Waals surface area contributed by atoms with Gasteiger partial charge in [-0.15, -0.1) is 0 Å². The van der Waals surface area contributed by atoms with E-state index >= 15 is 0 Å². The Morgan fingerprint density at radius 2 is 1.50 bits per heavy atom. The molecule has 2 N–H and O–H groups in total. The van der Waals surface area contributed by atoms with Crippen molar-refractivity contribution in [2.24, 2.45) is 0 Å². The molecule has 6 nitrogen and oxygen atoms in total. The second-order valence-electron chi connectivity index (χ2n) is 12.7. The molecule has 0 saturated carbocycles. The molecule has 7 heteroatoms. The summed E-state index contributed by atoms with van der Waals surface area (Å²) in [5.41, 5.74) is 6.31. The minimum atomic E-state index is -0.836. The summed E-state index contributed by atoms with van der Waals surface area (Å²) in [6.07, 6.45) is 7.03. The minimum Gasteiger partial charge on any atom is -0.481 e. The van der Waals surface area contributed by atoms with Crippen LogP contribution in [0.3, 0.4) is 0 Å². The predicted molar refractivity (Wildman–Crippen MR) is 195 cm³/mol. The standard InChI is InChI=1S/C41H36N2O4S/c1-27-10-3-4-13-30(27)26-41(2)35(42(24-22-37(44)45)33-20-18-28-11-5-7-14-31(28)39(33)41)16-9-17-36-43(25-23-38(46)47)34-21-19-29-12-6-8-15-32(29)40(34)48-36/h3-21H,22-26H2,1-2H3,(H-,44,45,46,47)/p+1. The van der Waals surface area contributed by atoms with Crippen LogP contribution in [0, 0.1) is 6.92 Å². The summed E-state index contributed by atoms with van der Waals surface area (Å²) in [6, 6.07) is 33.6. The van der Waals surface area contributed by atoms with Crippen LogP contribution in [-0.2, 0) is 28.0 Å². The van der Waals surface area contributed by atoms with Crippen molar-refractivity contribution in [2.75, 3.05) is 11.4 Å². The van der Waals surface area contributed by atoms with E-state index in [0.29, 0.717) is 13.1 Å².